The number of benzene rings is 1. The molecule has 0 bridgehead atoms. The van der Waals surface area contributed by atoms with Crippen LogP contribution in [0.2, 0.25) is 0 Å². The van der Waals surface area contributed by atoms with E-state index < -0.39 is 5.97 Å². The number of halogens is 1. The minimum Gasteiger partial charge on any atom is -0.478 e. The summed E-state index contributed by atoms with van der Waals surface area (Å²) in [6.07, 6.45) is 3.60. The summed E-state index contributed by atoms with van der Waals surface area (Å²) in [6, 6.07) is 3.90. The number of hydrogen-bond acceptors (Lipinski definition) is 2. The van der Waals surface area contributed by atoms with Gasteiger partial charge in [0.25, 0.3) is 0 Å². The summed E-state index contributed by atoms with van der Waals surface area (Å²) >= 11 is 0. The Morgan fingerprint density at radius 3 is 2.78 bits per heavy atom. The van der Waals surface area contributed by atoms with Crippen LogP contribution in [0.15, 0.2) is 18.2 Å². The van der Waals surface area contributed by atoms with Gasteiger partial charge in [0.2, 0.25) is 0 Å². The van der Waals surface area contributed by atoms with Gasteiger partial charge in [0.05, 0.1) is 5.56 Å². The van der Waals surface area contributed by atoms with E-state index in [1.807, 2.05) is 0 Å². The van der Waals surface area contributed by atoms with Crippen LogP contribution in [0.25, 0.3) is 0 Å². The lowest BCUT2D eigenvalue weighted by molar-refractivity contribution is 0.0696. The van der Waals surface area contributed by atoms with Crippen molar-refractivity contribution < 1.29 is 14.3 Å². The monoisotopic (exact) mass is 251 g/mol. The van der Waals surface area contributed by atoms with Gasteiger partial charge in [0.15, 0.2) is 0 Å². The van der Waals surface area contributed by atoms with Gasteiger partial charge < -0.3 is 10.4 Å². The largest absolute Gasteiger partial charge is 0.478 e. The van der Waals surface area contributed by atoms with Gasteiger partial charge in [-0.2, -0.15) is 0 Å². The maximum Gasteiger partial charge on any atom is 0.335 e. The highest BCUT2D eigenvalue weighted by atomic mass is 19.1. The third-order valence-corrected chi connectivity index (χ3v) is 3.82. The van der Waals surface area contributed by atoms with Crippen LogP contribution in [0.5, 0.6) is 0 Å². The van der Waals surface area contributed by atoms with E-state index in [4.69, 9.17) is 5.11 Å². The fourth-order valence-electron chi connectivity index (χ4n) is 2.14. The van der Waals surface area contributed by atoms with Crippen LogP contribution in [0, 0.1) is 11.2 Å². The van der Waals surface area contributed by atoms with Crippen LogP contribution in [-0.2, 0) is 6.54 Å². The standard InChI is InChI=1S/C14H18FNO2/c1-2-14(5-6-14)9-16-8-11-7-10(13(17)18)3-4-12(11)15/h3-4,7,16H,2,5-6,8-9H2,1H3,(H,17,18). The van der Waals surface area contributed by atoms with Crippen LogP contribution in [0.1, 0.15) is 42.1 Å². The van der Waals surface area contributed by atoms with Gasteiger partial charge in [-0.1, -0.05) is 6.92 Å². The lowest BCUT2D eigenvalue weighted by atomic mass is 10.0. The van der Waals surface area contributed by atoms with E-state index in [2.05, 4.69) is 12.2 Å². The fourth-order valence-corrected chi connectivity index (χ4v) is 2.14. The quantitative estimate of drug-likeness (QED) is 0.817. The molecule has 0 heterocycles. The number of rotatable bonds is 6. The minimum absolute atomic E-state index is 0.129. The van der Waals surface area contributed by atoms with Crippen molar-refractivity contribution in [3.63, 3.8) is 0 Å². The summed E-state index contributed by atoms with van der Waals surface area (Å²) in [4.78, 5) is 10.8. The zero-order chi connectivity index (χ0) is 13.2. The van der Waals surface area contributed by atoms with Crippen molar-refractivity contribution in [3.8, 4) is 0 Å². The third kappa shape index (κ3) is 2.88. The first-order chi connectivity index (χ1) is 8.56. The van der Waals surface area contributed by atoms with Crippen molar-refractivity contribution in [1.29, 1.82) is 0 Å². The topological polar surface area (TPSA) is 49.3 Å². The molecule has 0 saturated heterocycles. The normalized spacial score (nSPS) is 16.6. The lowest BCUT2D eigenvalue weighted by Crippen LogP contribution is -2.23. The third-order valence-electron chi connectivity index (χ3n) is 3.82. The molecular formula is C14H18FNO2. The molecule has 1 aromatic rings. The molecule has 98 valence electrons. The summed E-state index contributed by atoms with van der Waals surface area (Å²) in [7, 11) is 0. The maximum absolute atomic E-state index is 13.5. The molecule has 2 rings (SSSR count). The molecular weight excluding hydrogens is 233 g/mol. The van der Waals surface area contributed by atoms with E-state index >= 15 is 0 Å². The summed E-state index contributed by atoms with van der Waals surface area (Å²) in [6.45, 7) is 3.43. The van der Waals surface area contributed by atoms with Gasteiger partial charge in [-0.15, -0.1) is 0 Å². The Labute approximate surface area is 106 Å². The van der Waals surface area contributed by atoms with Gasteiger partial charge in [-0.3, -0.25) is 0 Å². The van der Waals surface area contributed by atoms with Gasteiger partial charge in [-0.05, 0) is 42.9 Å². The maximum atomic E-state index is 13.5. The van der Waals surface area contributed by atoms with Crippen molar-refractivity contribution in [2.45, 2.75) is 32.7 Å². The van der Waals surface area contributed by atoms with E-state index in [0.29, 0.717) is 17.5 Å². The molecule has 1 aromatic carbocycles. The van der Waals surface area contributed by atoms with Crippen molar-refractivity contribution in [1.82, 2.24) is 5.32 Å². The molecule has 0 spiro atoms. The van der Waals surface area contributed by atoms with E-state index in [1.165, 1.54) is 31.0 Å². The fraction of sp³-hybridized carbons (Fsp3) is 0.500. The molecule has 1 aliphatic rings. The van der Waals surface area contributed by atoms with Crippen LogP contribution < -0.4 is 5.32 Å². The van der Waals surface area contributed by atoms with Gasteiger partial charge >= 0.3 is 5.97 Å². The summed E-state index contributed by atoms with van der Waals surface area (Å²) in [5, 5.41) is 12.1. The number of aromatic carboxylic acids is 1. The van der Waals surface area contributed by atoms with Gasteiger partial charge in [0, 0.05) is 18.7 Å². The Balaban J connectivity index is 1.96. The van der Waals surface area contributed by atoms with E-state index in [-0.39, 0.29) is 11.4 Å². The number of carboxylic acids is 1. The van der Waals surface area contributed by atoms with Crippen molar-refractivity contribution >= 4 is 5.97 Å². The second kappa shape index (κ2) is 5.06. The Morgan fingerprint density at radius 1 is 1.50 bits per heavy atom. The molecule has 0 radical (unpaired) electrons. The van der Waals surface area contributed by atoms with Gasteiger partial charge in [-0.25, -0.2) is 9.18 Å². The van der Waals surface area contributed by atoms with Gasteiger partial charge in [0.1, 0.15) is 5.82 Å². The first kappa shape index (κ1) is 13.0. The molecule has 0 atom stereocenters. The number of hydrogen-bond donors (Lipinski definition) is 2. The van der Waals surface area contributed by atoms with Crippen LogP contribution in [0.3, 0.4) is 0 Å². The summed E-state index contributed by atoms with van der Waals surface area (Å²) in [5.74, 6) is -1.38. The molecule has 0 aromatic heterocycles. The highest BCUT2D eigenvalue weighted by Gasteiger charge is 2.39. The molecule has 0 aliphatic heterocycles. The lowest BCUT2D eigenvalue weighted by Gasteiger charge is -2.13. The summed E-state index contributed by atoms with van der Waals surface area (Å²) < 4.78 is 13.5. The molecule has 4 heteroatoms. The average Bonchev–Trinajstić information content (AvgIpc) is 3.12. The smallest absolute Gasteiger partial charge is 0.335 e. The molecule has 0 unspecified atom stereocenters. The van der Waals surface area contributed by atoms with Crippen molar-refractivity contribution in [2.24, 2.45) is 5.41 Å². The molecule has 1 saturated carbocycles. The molecule has 0 amide bonds. The second-order valence-electron chi connectivity index (χ2n) is 5.07. The van der Waals surface area contributed by atoms with E-state index in [0.717, 1.165) is 13.0 Å². The van der Waals surface area contributed by atoms with E-state index in [9.17, 15) is 9.18 Å². The minimum atomic E-state index is -1.02. The van der Waals surface area contributed by atoms with Crippen molar-refractivity contribution in [2.75, 3.05) is 6.54 Å². The first-order valence-corrected chi connectivity index (χ1v) is 6.29. The summed E-state index contributed by atoms with van der Waals surface area (Å²) in [5.41, 5.74) is 0.951. The molecule has 1 fully saturated rings. The highest BCUT2D eigenvalue weighted by molar-refractivity contribution is 5.87. The molecule has 18 heavy (non-hydrogen) atoms. The Kier molecular flexibility index (Phi) is 3.66. The van der Waals surface area contributed by atoms with Crippen LogP contribution >= 0.6 is 0 Å². The number of carbonyl (C=O) groups is 1. The Morgan fingerprint density at radius 2 is 2.22 bits per heavy atom. The van der Waals surface area contributed by atoms with Crippen LogP contribution in [-0.4, -0.2) is 17.6 Å². The van der Waals surface area contributed by atoms with Crippen LogP contribution in [0.4, 0.5) is 4.39 Å². The second-order valence-corrected chi connectivity index (χ2v) is 5.07. The van der Waals surface area contributed by atoms with E-state index in [1.54, 1.807) is 0 Å². The predicted octanol–water partition coefficient (Wildman–Crippen LogP) is 2.80. The molecule has 2 N–H and O–H groups in total. The zero-order valence-electron chi connectivity index (χ0n) is 10.5. The Bertz CT molecular complexity index is 455. The predicted molar refractivity (Wildman–Crippen MR) is 67.0 cm³/mol. The Hall–Kier alpha value is -1.42. The average molecular weight is 251 g/mol. The zero-order valence-corrected chi connectivity index (χ0v) is 10.5. The SMILES string of the molecule is CCC1(CNCc2cc(C(=O)O)ccc2F)CC1. The number of nitrogens with one attached hydrogen (secondary N) is 1. The highest BCUT2D eigenvalue weighted by Crippen LogP contribution is 2.47. The molecule has 3 nitrogen and oxygen atoms in total. The molecule has 1 aliphatic carbocycles. The first-order valence-electron chi connectivity index (χ1n) is 6.29. The number of carboxylic acid groups (broad SMARTS) is 1. The van der Waals surface area contributed by atoms with Crippen molar-refractivity contribution in [3.05, 3.63) is 35.1 Å².